The molecule has 2 amide bonds. The fourth-order valence-electron chi connectivity index (χ4n) is 2.86. The Morgan fingerprint density at radius 2 is 1.64 bits per heavy atom. The van der Waals surface area contributed by atoms with E-state index in [0.717, 1.165) is 31.4 Å². The van der Waals surface area contributed by atoms with Crippen molar-refractivity contribution in [3.8, 4) is 0 Å². The molecular weight excluding hydrogens is 283 g/mol. The molecule has 1 aromatic rings. The lowest BCUT2D eigenvalue weighted by atomic mass is 10.1. The van der Waals surface area contributed by atoms with Gasteiger partial charge >= 0.3 is 0 Å². The lowest BCUT2D eigenvalue weighted by Gasteiger charge is -2.22. The number of hydrogen-bond acceptors (Lipinski definition) is 2. The van der Waals surface area contributed by atoms with Gasteiger partial charge in [0, 0.05) is 32.1 Å². The second kappa shape index (κ2) is 6.46. The molecular formula is C17H21FN2O2. The zero-order chi connectivity index (χ0) is 15.5. The largest absolute Gasteiger partial charge is 0.341 e. The van der Waals surface area contributed by atoms with Gasteiger partial charge in [-0.15, -0.1) is 0 Å². The highest BCUT2D eigenvalue weighted by Crippen LogP contribution is 2.31. The van der Waals surface area contributed by atoms with Crippen LogP contribution in [0, 0.1) is 11.7 Å². The van der Waals surface area contributed by atoms with Gasteiger partial charge in [0.2, 0.25) is 11.8 Å². The molecule has 0 spiro atoms. The van der Waals surface area contributed by atoms with Crippen molar-refractivity contribution in [2.24, 2.45) is 5.92 Å². The molecule has 0 unspecified atom stereocenters. The molecule has 0 N–H and O–H groups in total. The molecule has 0 bridgehead atoms. The van der Waals surface area contributed by atoms with E-state index in [4.69, 9.17) is 0 Å². The maximum atomic E-state index is 12.9. The third kappa shape index (κ3) is 3.64. The Morgan fingerprint density at radius 3 is 2.32 bits per heavy atom. The Hall–Kier alpha value is -1.91. The highest BCUT2D eigenvalue weighted by molar-refractivity contribution is 5.81. The van der Waals surface area contributed by atoms with Gasteiger partial charge < -0.3 is 9.80 Å². The van der Waals surface area contributed by atoms with Gasteiger partial charge in [-0.2, -0.15) is 0 Å². The first-order valence-electron chi connectivity index (χ1n) is 7.94. The van der Waals surface area contributed by atoms with Crippen molar-refractivity contribution in [2.75, 3.05) is 26.2 Å². The van der Waals surface area contributed by atoms with E-state index in [0.29, 0.717) is 19.6 Å². The van der Waals surface area contributed by atoms with Crippen molar-refractivity contribution in [1.82, 2.24) is 9.80 Å². The summed E-state index contributed by atoms with van der Waals surface area (Å²) in [6.45, 7) is 2.66. The van der Waals surface area contributed by atoms with Crippen molar-refractivity contribution < 1.29 is 14.0 Å². The van der Waals surface area contributed by atoms with Crippen LogP contribution < -0.4 is 0 Å². The SMILES string of the molecule is O=C(Cc1ccc(F)cc1)N1CCCN(C(=O)C2CC2)CC1. The number of amides is 2. The van der Waals surface area contributed by atoms with Crippen LogP contribution in [0.5, 0.6) is 0 Å². The summed E-state index contributed by atoms with van der Waals surface area (Å²) in [4.78, 5) is 28.2. The second-order valence-corrected chi connectivity index (χ2v) is 6.14. The Labute approximate surface area is 129 Å². The van der Waals surface area contributed by atoms with E-state index in [-0.39, 0.29) is 30.0 Å². The average molecular weight is 304 g/mol. The Balaban J connectivity index is 1.54. The van der Waals surface area contributed by atoms with Crippen LogP contribution in [0.4, 0.5) is 4.39 Å². The number of carbonyl (C=O) groups excluding carboxylic acids is 2. The second-order valence-electron chi connectivity index (χ2n) is 6.14. The third-order valence-corrected chi connectivity index (χ3v) is 4.36. The zero-order valence-corrected chi connectivity index (χ0v) is 12.6. The van der Waals surface area contributed by atoms with Crippen molar-refractivity contribution in [3.05, 3.63) is 35.6 Å². The summed E-state index contributed by atoms with van der Waals surface area (Å²) in [6.07, 6.45) is 3.15. The topological polar surface area (TPSA) is 40.6 Å². The molecule has 2 fully saturated rings. The lowest BCUT2D eigenvalue weighted by Crippen LogP contribution is -2.38. The summed E-state index contributed by atoms with van der Waals surface area (Å²) in [5.74, 6) is 0.252. The minimum absolute atomic E-state index is 0.0485. The molecule has 1 saturated carbocycles. The normalized spacial score (nSPS) is 19.0. The molecule has 0 aromatic heterocycles. The molecule has 1 saturated heterocycles. The first-order chi connectivity index (χ1) is 10.6. The summed E-state index contributed by atoms with van der Waals surface area (Å²) < 4.78 is 12.9. The van der Waals surface area contributed by atoms with Gasteiger partial charge in [-0.3, -0.25) is 9.59 Å². The van der Waals surface area contributed by atoms with Crippen LogP contribution in [0.3, 0.4) is 0 Å². The van der Waals surface area contributed by atoms with Crippen molar-refractivity contribution in [3.63, 3.8) is 0 Å². The van der Waals surface area contributed by atoms with E-state index in [9.17, 15) is 14.0 Å². The number of nitrogens with zero attached hydrogens (tertiary/aromatic N) is 2. The highest BCUT2D eigenvalue weighted by atomic mass is 19.1. The van der Waals surface area contributed by atoms with Crippen LogP contribution in [-0.2, 0) is 16.0 Å². The molecule has 1 aliphatic heterocycles. The molecule has 3 rings (SSSR count). The van der Waals surface area contributed by atoms with Crippen LogP contribution in [0.2, 0.25) is 0 Å². The van der Waals surface area contributed by atoms with Crippen LogP contribution in [0.1, 0.15) is 24.8 Å². The molecule has 0 atom stereocenters. The van der Waals surface area contributed by atoms with Crippen molar-refractivity contribution >= 4 is 11.8 Å². The van der Waals surface area contributed by atoms with Gasteiger partial charge in [-0.1, -0.05) is 12.1 Å². The maximum absolute atomic E-state index is 12.9. The van der Waals surface area contributed by atoms with Gasteiger partial charge in [0.05, 0.1) is 6.42 Å². The number of hydrogen-bond donors (Lipinski definition) is 0. The zero-order valence-electron chi connectivity index (χ0n) is 12.6. The molecule has 1 heterocycles. The van der Waals surface area contributed by atoms with Crippen LogP contribution in [-0.4, -0.2) is 47.8 Å². The quantitative estimate of drug-likeness (QED) is 0.855. The fraction of sp³-hybridized carbons (Fsp3) is 0.529. The van der Waals surface area contributed by atoms with Crippen molar-refractivity contribution in [1.29, 1.82) is 0 Å². The van der Waals surface area contributed by atoms with E-state index in [1.165, 1.54) is 12.1 Å². The molecule has 0 radical (unpaired) electrons. The predicted octanol–water partition coefficient (Wildman–Crippen LogP) is 1.84. The smallest absolute Gasteiger partial charge is 0.227 e. The summed E-state index contributed by atoms with van der Waals surface area (Å²) >= 11 is 0. The van der Waals surface area contributed by atoms with Crippen LogP contribution in [0.15, 0.2) is 24.3 Å². The summed E-state index contributed by atoms with van der Waals surface area (Å²) in [5.41, 5.74) is 0.821. The molecule has 1 aromatic carbocycles. The van der Waals surface area contributed by atoms with Gasteiger partial charge in [0.15, 0.2) is 0 Å². The number of carbonyl (C=O) groups is 2. The molecule has 5 heteroatoms. The summed E-state index contributed by atoms with van der Waals surface area (Å²) in [6, 6.07) is 6.05. The maximum Gasteiger partial charge on any atom is 0.227 e. The number of rotatable bonds is 3. The molecule has 1 aliphatic carbocycles. The fourth-order valence-corrected chi connectivity index (χ4v) is 2.86. The predicted molar refractivity (Wildman–Crippen MR) is 80.6 cm³/mol. The van der Waals surface area contributed by atoms with Gasteiger partial charge in [0.25, 0.3) is 0 Å². The minimum Gasteiger partial charge on any atom is -0.341 e. The Bertz CT molecular complexity index is 554. The standard InChI is InChI=1S/C17H21FN2O2/c18-15-6-2-13(3-7-15)12-16(21)19-8-1-9-20(11-10-19)17(22)14-4-5-14/h2-3,6-7,14H,1,4-5,8-12H2. The summed E-state index contributed by atoms with van der Waals surface area (Å²) in [7, 11) is 0. The lowest BCUT2D eigenvalue weighted by molar-refractivity contribution is -0.134. The minimum atomic E-state index is -0.291. The third-order valence-electron chi connectivity index (χ3n) is 4.36. The van der Waals surface area contributed by atoms with Gasteiger partial charge in [-0.25, -0.2) is 4.39 Å². The highest BCUT2D eigenvalue weighted by Gasteiger charge is 2.34. The first kappa shape index (κ1) is 15.0. The molecule has 4 nitrogen and oxygen atoms in total. The average Bonchev–Trinajstić information content (AvgIpc) is 3.35. The first-order valence-corrected chi connectivity index (χ1v) is 7.94. The van der Waals surface area contributed by atoms with Gasteiger partial charge in [0.1, 0.15) is 5.82 Å². The van der Waals surface area contributed by atoms with E-state index < -0.39 is 0 Å². The molecule has 22 heavy (non-hydrogen) atoms. The molecule has 2 aliphatic rings. The van der Waals surface area contributed by atoms with E-state index in [1.807, 2.05) is 9.80 Å². The molecule has 118 valence electrons. The summed E-state index contributed by atoms with van der Waals surface area (Å²) in [5, 5.41) is 0. The van der Waals surface area contributed by atoms with Crippen LogP contribution in [0.25, 0.3) is 0 Å². The monoisotopic (exact) mass is 304 g/mol. The number of benzene rings is 1. The van der Waals surface area contributed by atoms with E-state index in [2.05, 4.69) is 0 Å². The Morgan fingerprint density at radius 1 is 1.00 bits per heavy atom. The van der Waals surface area contributed by atoms with Gasteiger partial charge in [-0.05, 0) is 37.0 Å². The van der Waals surface area contributed by atoms with E-state index >= 15 is 0 Å². The number of halogens is 1. The van der Waals surface area contributed by atoms with Crippen LogP contribution >= 0.6 is 0 Å². The van der Waals surface area contributed by atoms with Crippen molar-refractivity contribution in [2.45, 2.75) is 25.7 Å². The Kier molecular flexibility index (Phi) is 4.41. The van der Waals surface area contributed by atoms with E-state index in [1.54, 1.807) is 12.1 Å².